The van der Waals surface area contributed by atoms with Gasteiger partial charge in [0.25, 0.3) is 5.91 Å². The molecule has 1 amide bonds. The molecule has 3 aromatic rings. The minimum Gasteiger partial charge on any atom is -0.478 e. The average Bonchev–Trinajstić information content (AvgIpc) is 3.19. The molecule has 8 heteroatoms. The molecule has 1 aliphatic carbocycles. The predicted molar refractivity (Wildman–Crippen MR) is 85.1 cm³/mol. The third kappa shape index (κ3) is 2.18. The van der Waals surface area contributed by atoms with Crippen molar-refractivity contribution in [2.24, 2.45) is 0 Å². The van der Waals surface area contributed by atoms with E-state index in [9.17, 15) is 14.7 Å². The SMILES string of the molecule is O=C(O)c1c(NC(=O)c2[nH]nc3ncccc23)sc2c1CCC2. The van der Waals surface area contributed by atoms with Crippen LogP contribution < -0.4 is 5.32 Å². The van der Waals surface area contributed by atoms with Crippen LogP contribution in [0.4, 0.5) is 5.00 Å². The van der Waals surface area contributed by atoms with E-state index in [1.807, 2.05) is 0 Å². The maximum Gasteiger partial charge on any atom is 0.339 e. The number of anilines is 1. The van der Waals surface area contributed by atoms with Crippen molar-refractivity contribution in [3.63, 3.8) is 0 Å². The highest BCUT2D eigenvalue weighted by atomic mass is 32.1. The number of nitrogens with one attached hydrogen (secondary N) is 2. The number of pyridine rings is 1. The number of thiophene rings is 1. The maximum atomic E-state index is 12.5. The van der Waals surface area contributed by atoms with Crippen LogP contribution in [0.2, 0.25) is 0 Å². The quantitative estimate of drug-likeness (QED) is 0.684. The third-order valence-corrected chi connectivity index (χ3v) is 5.13. The van der Waals surface area contributed by atoms with E-state index in [0.717, 1.165) is 29.7 Å². The molecule has 0 radical (unpaired) electrons. The first-order chi connectivity index (χ1) is 11.1. The molecule has 0 spiro atoms. The van der Waals surface area contributed by atoms with E-state index in [2.05, 4.69) is 20.5 Å². The molecule has 0 aliphatic heterocycles. The summed E-state index contributed by atoms with van der Waals surface area (Å²) in [5, 5.41) is 19.8. The summed E-state index contributed by atoms with van der Waals surface area (Å²) in [5.74, 6) is -1.42. The Morgan fingerprint density at radius 3 is 3.04 bits per heavy atom. The van der Waals surface area contributed by atoms with Gasteiger partial charge in [-0.05, 0) is 37.0 Å². The molecule has 0 fully saturated rings. The smallest absolute Gasteiger partial charge is 0.339 e. The second-order valence-corrected chi connectivity index (χ2v) is 6.40. The van der Waals surface area contributed by atoms with Crippen molar-refractivity contribution in [3.05, 3.63) is 40.0 Å². The van der Waals surface area contributed by atoms with Crippen LogP contribution in [0.5, 0.6) is 0 Å². The molecule has 0 saturated heterocycles. The number of aromatic amines is 1. The largest absolute Gasteiger partial charge is 0.478 e. The summed E-state index contributed by atoms with van der Waals surface area (Å²) in [6.07, 6.45) is 4.18. The molecule has 4 rings (SSSR count). The van der Waals surface area contributed by atoms with Gasteiger partial charge in [0.15, 0.2) is 5.65 Å². The number of amides is 1. The number of hydrogen-bond acceptors (Lipinski definition) is 5. The Balaban J connectivity index is 1.71. The molecule has 0 bridgehead atoms. The number of carboxylic acid groups (broad SMARTS) is 1. The first-order valence-corrected chi connectivity index (χ1v) is 7.95. The van der Waals surface area contributed by atoms with Gasteiger partial charge in [-0.15, -0.1) is 11.3 Å². The zero-order chi connectivity index (χ0) is 16.0. The second kappa shape index (κ2) is 5.17. The zero-order valence-electron chi connectivity index (χ0n) is 11.9. The summed E-state index contributed by atoms with van der Waals surface area (Å²) in [7, 11) is 0. The number of aromatic nitrogens is 3. The molecule has 3 N–H and O–H groups in total. The Morgan fingerprint density at radius 1 is 1.35 bits per heavy atom. The van der Waals surface area contributed by atoms with Crippen LogP contribution in [0.1, 0.15) is 37.7 Å². The highest BCUT2D eigenvalue weighted by Gasteiger charge is 2.28. The summed E-state index contributed by atoms with van der Waals surface area (Å²) < 4.78 is 0. The molecule has 0 unspecified atom stereocenters. The number of carboxylic acids is 1. The highest BCUT2D eigenvalue weighted by molar-refractivity contribution is 7.17. The van der Waals surface area contributed by atoms with Gasteiger partial charge in [-0.3, -0.25) is 9.89 Å². The van der Waals surface area contributed by atoms with E-state index in [0.29, 0.717) is 16.0 Å². The van der Waals surface area contributed by atoms with Crippen LogP contribution in [0.3, 0.4) is 0 Å². The molecule has 0 aromatic carbocycles. The van der Waals surface area contributed by atoms with Crippen molar-refractivity contribution < 1.29 is 14.7 Å². The molecular weight excluding hydrogens is 316 g/mol. The minimum atomic E-state index is -1.00. The van der Waals surface area contributed by atoms with Crippen molar-refractivity contribution in [1.82, 2.24) is 15.2 Å². The minimum absolute atomic E-state index is 0.220. The van der Waals surface area contributed by atoms with Crippen LogP contribution in [0, 0.1) is 0 Å². The fourth-order valence-corrected chi connectivity index (χ4v) is 4.18. The number of hydrogen-bond donors (Lipinski definition) is 3. The number of rotatable bonds is 3. The summed E-state index contributed by atoms with van der Waals surface area (Å²) in [6.45, 7) is 0. The number of aryl methyl sites for hydroxylation is 1. The van der Waals surface area contributed by atoms with Gasteiger partial charge in [0.1, 0.15) is 10.7 Å². The molecule has 3 heterocycles. The predicted octanol–water partition coefficient (Wildman–Crippen LogP) is 2.46. The van der Waals surface area contributed by atoms with E-state index >= 15 is 0 Å². The number of carbonyl (C=O) groups excluding carboxylic acids is 1. The first-order valence-electron chi connectivity index (χ1n) is 7.13. The van der Waals surface area contributed by atoms with Gasteiger partial charge in [-0.2, -0.15) is 5.10 Å². The second-order valence-electron chi connectivity index (χ2n) is 5.29. The van der Waals surface area contributed by atoms with Crippen molar-refractivity contribution in [2.75, 3.05) is 5.32 Å². The molecule has 0 atom stereocenters. The maximum absolute atomic E-state index is 12.5. The monoisotopic (exact) mass is 328 g/mol. The van der Waals surface area contributed by atoms with E-state index in [-0.39, 0.29) is 11.3 Å². The number of H-pyrrole nitrogens is 1. The third-order valence-electron chi connectivity index (χ3n) is 3.92. The Bertz CT molecular complexity index is 943. The van der Waals surface area contributed by atoms with Gasteiger partial charge < -0.3 is 10.4 Å². The molecule has 3 aromatic heterocycles. The lowest BCUT2D eigenvalue weighted by molar-refractivity contribution is 0.0697. The standard InChI is InChI=1S/C15H12N4O3S/c20-13(11-8-4-2-6-16-12(8)19-18-11)17-14-10(15(21)22)7-3-1-5-9(7)23-14/h2,4,6H,1,3,5H2,(H,17,20)(H,21,22)(H,16,18,19). The van der Waals surface area contributed by atoms with Crippen LogP contribution in [0.25, 0.3) is 11.0 Å². The molecule has 116 valence electrons. The van der Waals surface area contributed by atoms with Crippen molar-refractivity contribution in [2.45, 2.75) is 19.3 Å². The van der Waals surface area contributed by atoms with E-state index in [4.69, 9.17) is 0 Å². The number of fused-ring (bicyclic) bond motifs is 2. The van der Waals surface area contributed by atoms with E-state index < -0.39 is 11.9 Å². The average molecular weight is 328 g/mol. The van der Waals surface area contributed by atoms with Crippen LogP contribution in [-0.4, -0.2) is 32.2 Å². The summed E-state index contributed by atoms with van der Waals surface area (Å²) in [4.78, 5) is 29.2. The Hall–Kier alpha value is -2.74. The number of carbonyl (C=O) groups is 2. The summed E-state index contributed by atoms with van der Waals surface area (Å²) >= 11 is 1.35. The van der Waals surface area contributed by atoms with Gasteiger partial charge in [0, 0.05) is 11.1 Å². The fraction of sp³-hybridized carbons (Fsp3) is 0.200. The fourth-order valence-electron chi connectivity index (χ4n) is 2.91. The highest BCUT2D eigenvalue weighted by Crippen LogP contribution is 2.39. The van der Waals surface area contributed by atoms with E-state index in [1.165, 1.54) is 11.3 Å². The summed E-state index contributed by atoms with van der Waals surface area (Å²) in [6, 6.07) is 3.46. The lowest BCUT2D eigenvalue weighted by Crippen LogP contribution is -2.14. The summed E-state index contributed by atoms with van der Waals surface area (Å²) in [5.41, 5.74) is 1.80. The number of aromatic carboxylic acids is 1. The van der Waals surface area contributed by atoms with E-state index in [1.54, 1.807) is 18.3 Å². The van der Waals surface area contributed by atoms with Gasteiger partial charge >= 0.3 is 5.97 Å². The molecule has 23 heavy (non-hydrogen) atoms. The van der Waals surface area contributed by atoms with Crippen LogP contribution >= 0.6 is 11.3 Å². The molecule has 0 saturated carbocycles. The molecular formula is C15H12N4O3S. The number of nitrogens with zero attached hydrogens (tertiary/aromatic N) is 2. The zero-order valence-corrected chi connectivity index (χ0v) is 12.7. The van der Waals surface area contributed by atoms with Crippen molar-refractivity contribution in [1.29, 1.82) is 0 Å². The lowest BCUT2D eigenvalue weighted by Gasteiger charge is -2.04. The van der Waals surface area contributed by atoms with Gasteiger partial charge in [-0.25, -0.2) is 9.78 Å². The van der Waals surface area contributed by atoms with Crippen LogP contribution in [-0.2, 0) is 12.8 Å². The molecule has 7 nitrogen and oxygen atoms in total. The van der Waals surface area contributed by atoms with Crippen molar-refractivity contribution in [3.8, 4) is 0 Å². The van der Waals surface area contributed by atoms with Crippen LogP contribution in [0.15, 0.2) is 18.3 Å². The van der Waals surface area contributed by atoms with Gasteiger partial charge in [0.2, 0.25) is 0 Å². The topological polar surface area (TPSA) is 108 Å². The van der Waals surface area contributed by atoms with Gasteiger partial charge in [0.05, 0.1) is 10.9 Å². The Kier molecular flexibility index (Phi) is 3.12. The van der Waals surface area contributed by atoms with Crippen molar-refractivity contribution >= 4 is 39.2 Å². The van der Waals surface area contributed by atoms with Gasteiger partial charge in [-0.1, -0.05) is 0 Å². The Labute approximate surface area is 134 Å². The molecule has 1 aliphatic rings. The first kappa shape index (κ1) is 13.9. The normalized spacial score (nSPS) is 13.2. The Morgan fingerprint density at radius 2 is 2.22 bits per heavy atom. The lowest BCUT2D eigenvalue weighted by atomic mass is 10.1.